The first kappa shape index (κ1) is 11.3. The van der Waals surface area contributed by atoms with Gasteiger partial charge in [0.15, 0.2) is 0 Å². The van der Waals surface area contributed by atoms with Crippen LogP contribution < -0.4 is 4.35 Å². The van der Waals surface area contributed by atoms with Crippen molar-refractivity contribution in [1.29, 1.82) is 0 Å². The third-order valence-electron chi connectivity index (χ3n) is 3.27. The van der Waals surface area contributed by atoms with E-state index in [1.54, 1.807) is 0 Å². The first-order chi connectivity index (χ1) is 8.17. The summed E-state index contributed by atoms with van der Waals surface area (Å²) in [6.45, 7) is 0. The summed E-state index contributed by atoms with van der Waals surface area (Å²) in [7, 11) is 0. The Kier molecular flexibility index (Phi) is 2.78. The standard InChI is InChI=1S/C14H13AsClO/c16-14-7-6-11-9-15(17,10-12(11)8-14)13-4-2-1-3-5-13/h1-8,17H,9-10H2/q+1. The number of halogens is 1. The van der Waals surface area contributed by atoms with Crippen LogP contribution >= 0.6 is 11.6 Å². The van der Waals surface area contributed by atoms with Gasteiger partial charge in [0.25, 0.3) is 0 Å². The van der Waals surface area contributed by atoms with Gasteiger partial charge in [-0.15, -0.1) is 0 Å². The van der Waals surface area contributed by atoms with Gasteiger partial charge in [-0.1, -0.05) is 0 Å². The normalized spacial score (nSPS) is 22.5. The van der Waals surface area contributed by atoms with Crippen LogP contribution in [-0.4, -0.2) is 18.0 Å². The molecule has 0 amide bonds. The molecule has 1 aliphatic heterocycles. The fourth-order valence-electron chi connectivity index (χ4n) is 2.40. The molecular weight excluding hydrogens is 295 g/mol. The summed E-state index contributed by atoms with van der Waals surface area (Å²) in [6.07, 6.45) is 0. The number of hydrogen-bond acceptors (Lipinski definition) is 1. The summed E-state index contributed by atoms with van der Waals surface area (Å²) in [5.41, 5.74) is 2.50. The summed E-state index contributed by atoms with van der Waals surface area (Å²) in [5, 5.41) is 2.42. The zero-order chi connectivity index (χ0) is 11.9. The topological polar surface area (TPSA) is 20.2 Å². The molecule has 1 atom stereocenters. The number of hydrogen-bond donors (Lipinski definition) is 1. The van der Waals surface area contributed by atoms with Gasteiger partial charge in [-0.3, -0.25) is 0 Å². The fraction of sp³-hybridized carbons (Fsp3) is 0.143. The number of fused-ring (bicyclic) bond motifs is 1. The average molecular weight is 308 g/mol. The van der Waals surface area contributed by atoms with Crippen molar-refractivity contribution < 1.29 is 4.10 Å². The van der Waals surface area contributed by atoms with Crippen LogP contribution in [0.3, 0.4) is 0 Å². The Bertz CT molecular complexity index is 555. The molecule has 0 radical (unpaired) electrons. The summed E-state index contributed by atoms with van der Waals surface area (Å²) >= 11 is 3.28. The van der Waals surface area contributed by atoms with Crippen molar-refractivity contribution >= 4 is 29.8 Å². The van der Waals surface area contributed by atoms with Gasteiger partial charge in [-0.25, -0.2) is 0 Å². The molecule has 0 aromatic heterocycles. The molecule has 1 unspecified atom stereocenters. The van der Waals surface area contributed by atoms with Crippen molar-refractivity contribution in [3.63, 3.8) is 0 Å². The molecule has 1 aliphatic rings. The van der Waals surface area contributed by atoms with Gasteiger partial charge >= 0.3 is 109 Å². The summed E-state index contributed by atoms with van der Waals surface area (Å²) in [5.74, 6) is 0. The van der Waals surface area contributed by atoms with Crippen molar-refractivity contribution in [3.8, 4) is 0 Å². The van der Waals surface area contributed by atoms with Gasteiger partial charge < -0.3 is 0 Å². The quantitative estimate of drug-likeness (QED) is 0.802. The maximum atomic E-state index is 10.9. The van der Waals surface area contributed by atoms with Crippen molar-refractivity contribution in [3.05, 3.63) is 64.7 Å². The van der Waals surface area contributed by atoms with Crippen LogP contribution in [0.25, 0.3) is 0 Å². The third-order valence-corrected chi connectivity index (χ3v) is 9.77. The SMILES string of the molecule is O[As+]1(c2ccccc2)Cc2ccc(Cl)cc2C1. The molecule has 2 aromatic carbocycles. The van der Waals surface area contributed by atoms with Gasteiger partial charge in [0, 0.05) is 0 Å². The molecule has 0 saturated heterocycles. The molecule has 2 aromatic rings. The first-order valence-electron chi connectivity index (χ1n) is 5.60. The Labute approximate surface area is 109 Å². The van der Waals surface area contributed by atoms with Gasteiger partial charge in [0.1, 0.15) is 0 Å². The molecule has 0 fully saturated rings. The Morgan fingerprint density at radius 2 is 1.65 bits per heavy atom. The number of benzene rings is 2. The van der Waals surface area contributed by atoms with Crippen LogP contribution in [0.5, 0.6) is 0 Å². The Balaban J connectivity index is 2.00. The second kappa shape index (κ2) is 4.17. The van der Waals surface area contributed by atoms with Gasteiger partial charge in [-0.2, -0.15) is 0 Å². The van der Waals surface area contributed by atoms with E-state index in [0.29, 0.717) is 0 Å². The van der Waals surface area contributed by atoms with Crippen LogP contribution in [0.4, 0.5) is 0 Å². The van der Waals surface area contributed by atoms with Crippen LogP contribution in [0.15, 0.2) is 48.5 Å². The molecule has 86 valence electrons. The van der Waals surface area contributed by atoms with Gasteiger partial charge in [0.2, 0.25) is 0 Å². The molecule has 0 aliphatic carbocycles. The summed E-state index contributed by atoms with van der Waals surface area (Å²) in [4.78, 5) is 0. The summed E-state index contributed by atoms with van der Waals surface area (Å²) in [6, 6.07) is 16.1. The molecule has 1 heterocycles. The van der Waals surface area contributed by atoms with E-state index in [4.69, 9.17) is 11.6 Å². The molecule has 3 heteroatoms. The van der Waals surface area contributed by atoms with Crippen molar-refractivity contribution in [2.75, 3.05) is 0 Å². The van der Waals surface area contributed by atoms with Crippen molar-refractivity contribution in [2.45, 2.75) is 10.4 Å². The molecule has 0 spiro atoms. The second-order valence-electron chi connectivity index (χ2n) is 4.49. The molecule has 0 bridgehead atoms. The van der Waals surface area contributed by atoms with Gasteiger partial charge in [-0.05, 0) is 0 Å². The Morgan fingerprint density at radius 1 is 0.941 bits per heavy atom. The maximum absolute atomic E-state index is 10.9. The Hall–Kier alpha value is -0.752. The van der Waals surface area contributed by atoms with E-state index in [1.165, 1.54) is 11.1 Å². The monoisotopic (exact) mass is 307 g/mol. The van der Waals surface area contributed by atoms with E-state index in [9.17, 15) is 4.10 Å². The molecular formula is C14H13AsClO+. The van der Waals surface area contributed by atoms with Crippen LogP contribution in [0, 0.1) is 0 Å². The minimum atomic E-state index is -2.72. The molecule has 1 N–H and O–H groups in total. The second-order valence-corrected chi connectivity index (χ2v) is 11.2. The molecule has 1 nitrogen and oxygen atoms in total. The minimum absolute atomic E-state index is 0.765. The van der Waals surface area contributed by atoms with Crippen LogP contribution in [0.1, 0.15) is 11.1 Å². The third kappa shape index (κ3) is 2.04. The van der Waals surface area contributed by atoms with E-state index in [2.05, 4.69) is 18.2 Å². The number of rotatable bonds is 1. The van der Waals surface area contributed by atoms with E-state index in [1.807, 2.05) is 30.3 Å². The molecule has 0 saturated carbocycles. The predicted octanol–water partition coefficient (Wildman–Crippen LogP) is 2.36. The van der Waals surface area contributed by atoms with E-state index in [0.717, 1.165) is 19.8 Å². The van der Waals surface area contributed by atoms with Crippen LogP contribution in [-0.2, 0) is 10.4 Å². The molecule has 17 heavy (non-hydrogen) atoms. The zero-order valence-electron chi connectivity index (χ0n) is 9.31. The average Bonchev–Trinajstić information content (AvgIpc) is 2.67. The van der Waals surface area contributed by atoms with Crippen LogP contribution in [0.2, 0.25) is 5.02 Å². The Morgan fingerprint density at radius 3 is 2.41 bits per heavy atom. The van der Waals surface area contributed by atoms with Gasteiger partial charge in [0.05, 0.1) is 0 Å². The van der Waals surface area contributed by atoms with E-state index < -0.39 is 13.9 Å². The zero-order valence-corrected chi connectivity index (χ0v) is 11.9. The predicted molar refractivity (Wildman–Crippen MR) is 72.9 cm³/mol. The summed E-state index contributed by atoms with van der Waals surface area (Å²) < 4.78 is 12.1. The van der Waals surface area contributed by atoms with E-state index in [-0.39, 0.29) is 0 Å². The fourth-order valence-corrected chi connectivity index (χ4v) is 8.75. The molecule has 3 rings (SSSR count). The van der Waals surface area contributed by atoms with E-state index >= 15 is 0 Å². The van der Waals surface area contributed by atoms with Crippen molar-refractivity contribution in [1.82, 2.24) is 0 Å². The first-order valence-corrected chi connectivity index (χ1v) is 10.4. The van der Waals surface area contributed by atoms with Crippen molar-refractivity contribution in [2.24, 2.45) is 0 Å².